The van der Waals surface area contributed by atoms with Crippen LogP contribution in [0.15, 0.2) is 46.4 Å². The fourth-order valence-electron chi connectivity index (χ4n) is 2.80. The maximum atomic E-state index is 6.15. The van der Waals surface area contributed by atoms with Gasteiger partial charge in [-0.1, -0.05) is 0 Å². The monoisotopic (exact) mass is 352 g/mol. The summed E-state index contributed by atoms with van der Waals surface area (Å²) in [6, 6.07) is 12.9. The third kappa shape index (κ3) is 3.66. The van der Waals surface area contributed by atoms with Crippen LogP contribution >= 0.6 is 11.3 Å². The fourth-order valence-corrected chi connectivity index (χ4v) is 3.87. The summed E-state index contributed by atoms with van der Waals surface area (Å²) in [6.45, 7) is 8.09. The van der Waals surface area contributed by atoms with E-state index in [0.29, 0.717) is 11.7 Å². The number of amidine groups is 2. The van der Waals surface area contributed by atoms with Crippen molar-refractivity contribution in [3.05, 3.63) is 47.5 Å². The van der Waals surface area contributed by atoms with Crippen LogP contribution in [0.4, 0.5) is 0 Å². The van der Waals surface area contributed by atoms with Gasteiger partial charge in [0, 0.05) is 43.4 Å². The Labute approximate surface area is 152 Å². The maximum Gasteiger partial charge on any atom is 0.125 e. The van der Waals surface area contributed by atoms with Crippen molar-refractivity contribution in [2.75, 3.05) is 0 Å². The van der Waals surface area contributed by atoms with Crippen LogP contribution in [0.2, 0.25) is 0 Å². The van der Waals surface area contributed by atoms with Crippen LogP contribution in [-0.4, -0.2) is 23.8 Å². The van der Waals surface area contributed by atoms with Gasteiger partial charge in [-0.15, -0.1) is 11.3 Å². The highest BCUT2D eigenvalue weighted by atomic mass is 32.1. The SMILES string of the molecule is CC(C)N=C(N)c1ccc2sc3ccc(C(N)=NC(C)C)cc3c2c1. The molecule has 0 amide bonds. The highest BCUT2D eigenvalue weighted by Crippen LogP contribution is 2.35. The lowest BCUT2D eigenvalue weighted by Crippen LogP contribution is -2.15. The van der Waals surface area contributed by atoms with E-state index in [0.717, 1.165) is 11.1 Å². The minimum absolute atomic E-state index is 0.175. The first-order valence-corrected chi connectivity index (χ1v) is 9.30. The van der Waals surface area contributed by atoms with Crippen molar-refractivity contribution in [1.29, 1.82) is 0 Å². The summed E-state index contributed by atoms with van der Waals surface area (Å²) in [6.07, 6.45) is 0. The summed E-state index contributed by atoms with van der Waals surface area (Å²) in [5.41, 5.74) is 14.2. The van der Waals surface area contributed by atoms with Crippen molar-refractivity contribution in [3.8, 4) is 0 Å². The Morgan fingerprint density at radius 3 is 1.52 bits per heavy atom. The van der Waals surface area contributed by atoms with Gasteiger partial charge in [0.15, 0.2) is 0 Å². The zero-order chi connectivity index (χ0) is 18.1. The minimum Gasteiger partial charge on any atom is -0.383 e. The number of aliphatic imine (C=N–C) groups is 2. The Hall–Kier alpha value is -2.40. The van der Waals surface area contributed by atoms with Crippen molar-refractivity contribution >= 4 is 43.2 Å². The van der Waals surface area contributed by atoms with Crippen LogP contribution in [-0.2, 0) is 0 Å². The van der Waals surface area contributed by atoms with Gasteiger partial charge in [-0.2, -0.15) is 0 Å². The summed E-state index contributed by atoms with van der Waals surface area (Å²) in [5.74, 6) is 1.15. The van der Waals surface area contributed by atoms with E-state index in [2.05, 4.69) is 34.3 Å². The second-order valence-electron chi connectivity index (χ2n) is 6.74. The number of fused-ring (bicyclic) bond motifs is 3. The molecule has 0 spiro atoms. The van der Waals surface area contributed by atoms with Crippen molar-refractivity contribution in [2.24, 2.45) is 21.5 Å². The second-order valence-corrected chi connectivity index (χ2v) is 7.82. The first-order chi connectivity index (χ1) is 11.8. The Bertz CT molecular complexity index is 902. The quantitative estimate of drug-likeness (QED) is 0.543. The summed E-state index contributed by atoms with van der Waals surface area (Å²) in [7, 11) is 0. The molecule has 0 aliphatic heterocycles. The van der Waals surface area contributed by atoms with Gasteiger partial charge in [0.25, 0.3) is 0 Å². The molecule has 0 fully saturated rings. The smallest absolute Gasteiger partial charge is 0.125 e. The van der Waals surface area contributed by atoms with Gasteiger partial charge in [0.1, 0.15) is 11.7 Å². The third-order valence-corrected chi connectivity index (χ3v) is 5.01. The molecular weight excluding hydrogens is 328 g/mol. The molecule has 5 heteroatoms. The Balaban J connectivity index is 2.16. The van der Waals surface area contributed by atoms with E-state index in [1.54, 1.807) is 11.3 Å². The molecule has 3 aromatic rings. The van der Waals surface area contributed by atoms with Crippen LogP contribution in [0.25, 0.3) is 20.2 Å². The molecule has 1 heterocycles. The molecule has 0 saturated carbocycles. The van der Waals surface area contributed by atoms with Gasteiger partial charge in [0.2, 0.25) is 0 Å². The predicted molar refractivity (Wildman–Crippen MR) is 111 cm³/mol. The summed E-state index contributed by atoms with van der Waals surface area (Å²) in [5, 5.41) is 2.36. The largest absolute Gasteiger partial charge is 0.383 e. The summed E-state index contributed by atoms with van der Waals surface area (Å²) < 4.78 is 2.46. The zero-order valence-electron chi connectivity index (χ0n) is 15.1. The van der Waals surface area contributed by atoms with Gasteiger partial charge in [-0.3, -0.25) is 9.98 Å². The Morgan fingerprint density at radius 2 is 1.16 bits per heavy atom. The second kappa shape index (κ2) is 6.84. The highest BCUT2D eigenvalue weighted by Gasteiger charge is 2.10. The molecule has 0 saturated heterocycles. The van der Waals surface area contributed by atoms with E-state index in [9.17, 15) is 0 Å². The molecule has 3 rings (SSSR count). The number of thiophene rings is 1. The molecule has 2 aromatic carbocycles. The predicted octanol–water partition coefficient (Wildman–Crippen LogP) is 4.28. The summed E-state index contributed by atoms with van der Waals surface area (Å²) >= 11 is 1.77. The average molecular weight is 353 g/mol. The number of benzene rings is 2. The normalized spacial score (nSPS) is 13.5. The van der Waals surface area contributed by atoms with Gasteiger partial charge in [-0.25, -0.2) is 0 Å². The first-order valence-electron chi connectivity index (χ1n) is 8.48. The van der Waals surface area contributed by atoms with Crippen molar-refractivity contribution < 1.29 is 0 Å². The molecule has 4 nitrogen and oxygen atoms in total. The van der Waals surface area contributed by atoms with E-state index in [1.807, 2.05) is 39.8 Å². The van der Waals surface area contributed by atoms with Crippen LogP contribution in [0.1, 0.15) is 38.8 Å². The van der Waals surface area contributed by atoms with E-state index in [-0.39, 0.29) is 12.1 Å². The lowest BCUT2D eigenvalue weighted by molar-refractivity contribution is 0.834. The molecule has 0 atom stereocenters. The zero-order valence-corrected chi connectivity index (χ0v) is 15.9. The first kappa shape index (κ1) is 17.4. The Morgan fingerprint density at radius 1 is 0.760 bits per heavy atom. The van der Waals surface area contributed by atoms with Crippen molar-refractivity contribution in [1.82, 2.24) is 0 Å². The molecule has 1 aromatic heterocycles. The minimum atomic E-state index is 0.175. The highest BCUT2D eigenvalue weighted by molar-refractivity contribution is 7.25. The molecule has 4 N–H and O–H groups in total. The molecule has 0 unspecified atom stereocenters. The van der Waals surface area contributed by atoms with Crippen LogP contribution in [0, 0.1) is 0 Å². The molecule has 0 radical (unpaired) electrons. The number of rotatable bonds is 4. The molecule has 0 aliphatic rings. The molecule has 25 heavy (non-hydrogen) atoms. The maximum absolute atomic E-state index is 6.15. The Kier molecular flexibility index (Phi) is 4.77. The average Bonchev–Trinajstić information content (AvgIpc) is 2.90. The van der Waals surface area contributed by atoms with Gasteiger partial charge in [-0.05, 0) is 64.1 Å². The molecule has 0 aliphatic carbocycles. The van der Waals surface area contributed by atoms with Gasteiger partial charge >= 0.3 is 0 Å². The lowest BCUT2D eigenvalue weighted by atomic mass is 10.1. The molecule has 0 bridgehead atoms. The number of hydrogen-bond acceptors (Lipinski definition) is 3. The number of nitrogens with zero attached hydrogens (tertiary/aromatic N) is 2. The molecule has 130 valence electrons. The van der Waals surface area contributed by atoms with Crippen molar-refractivity contribution in [2.45, 2.75) is 39.8 Å². The van der Waals surface area contributed by atoms with Crippen LogP contribution in [0.5, 0.6) is 0 Å². The topological polar surface area (TPSA) is 76.8 Å². The van der Waals surface area contributed by atoms with Gasteiger partial charge in [0.05, 0.1) is 0 Å². The lowest BCUT2D eigenvalue weighted by Gasteiger charge is -2.05. The number of hydrogen-bond donors (Lipinski definition) is 2. The van der Waals surface area contributed by atoms with E-state index in [4.69, 9.17) is 11.5 Å². The van der Waals surface area contributed by atoms with Crippen LogP contribution in [0.3, 0.4) is 0 Å². The van der Waals surface area contributed by atoms with E-state index in [1.165, 1.54) is 20.2 Å². The number of nitrogens with two attached hydrogens (primary N) is 2. The fraction of sp³-hybridized carbons (Fsp3) is 0.300. The standard InChI is InChI=1S/C20H24N4S/c1-11(2)23-19(21)13-5-7-17-15(9-13)16-10-14(6-8-18(16)25-17)20(22)24-12(3)4/h5-12H,1-4H3,(H2,21,23)(H2,22,24). The van der Waals surface area contributed by atoms with Crippen molar-refractivity contribution in [3.63, 3.8) is 0 Å². The molecular formula is C20H24N4S. The van der Waals surface area contributed by atoms with Gasteiger partial charge < -0.3 is 11.5 Å². The third-order valence-electron chi connectivity index (χ3n) is 3.86. The van der Waals surface area contributed by atoms with E-state index >= 15 is 0 Å². The summed E-state index contributed by atoms with van der Waals surface area (Å²) in [4.78, 5) is 8.91. The van der Waals surface area contributed by atoms with Crippen LogP contribution < -0.4 is 11.5 Å². The van der Waals surface area contributed by atoms with E-state index < -0.39 is 0 Å².